The third-order valence-electron chi connectivity index (χ3n) is 5.19. The number of nitrogens with one attached hydrogen (secondary N) is 1. The van der Waals surface area contributed by atoms with Crippen molar-refractivity contribution < 1.29 is 36.3 Å². The summed E-state index contributed by atoms with van der Waals surface area (Å²) in [4.78, 5) is 28.2. The molecule has 2 aromatic rings. The van der Waals surface area contributed by atoms with Crippen LogP contribution in [-0.2, 0) is 21.4 Å². The Balaban J connectivity index is 0.000000572. The number of aliphatic carboxylic acids is 1. The summed E-state index contributed by atoms with van der Waals surface area (Å²) in [5, 5.41) is 10.00. The van der Waals surface area contributed by atoms with Crippen molar-refractivity contribution in [2.75, 3.05) is 33.7 Å². The van der Waals surface area contributed by atoms with Crippen molar-refractivity contribution in [3.05, 3.63) is 42.0 Å². The zero-order valence-electron chi connectivity index (χ0n) is 20.4. The standard InChI is InChI=1S/C20H29N5O3S.C2HF3O2/c1-15(2)9-11-24-13-17-19(20(26)21-10-12-23(3)4)22-14-25(17)16-7-5-6-8-18(16)29(24,27)28;3-2(4,5)1(6)7/h5-8,14-15H,9-13H2,1-4H3,(H,21,26);(H,6,7). The number of halogens is 3. The van der Waals surface area contributed by atoms with Crippen LogP contribution in [0.1, 0.15) is 36.5 Å². The maximum absolute atomic E-state index is 13.3. The third-order valence-corrected chi connectivity index (χ3v) is 7.09. The molecule has 1 aliphatic heterocycles. The van der Waals surface area contributed by atoms with Crippen LogP contribution >= 0.6 is 0 Å². The number of sulfonamides is 1. The van der Waals surface area contributed by atoms with Crippen LogP contribution in [0.4, 0.5) is 13.2 Å². The van der Waals surface area contributed by atoms with Gasteiger partial charge in [-0.05, 0) is 38.6 Å². The van der Waals surface area contributed by atoms with Gasteiger partial charge in [-0.3, -0.25) is 9.36 Å². The molecule has 0 saturated carbocycles. The number of benzene rings is 1. The molecule has 1 aliphatic rings. The number of carbonyl (C=O) groups excluding carboxylic acids is 1. The molecule has 0 aliphatic carbocycles. The molecule has 1 amide bonds. The predicted octanol–water partition coefficient (Wildman–Crippen LogP) is 2.35. The number of hydrogen-bond donors (Lipinski definition) is 2. The number of imidazole rings is 1. The van der Waals surface area contributed by atoms with Crippen molar-refractivity contribution in [1.29, 1.82) is 0 Å². The molecular weight excluding hydrogens is 503 g/mol. The lowest BCUT2D eigenvalue weighted by Crippen LogP contribution is -2.34. The lowest BCUT2D eigenvalue weighted by atomic mass is 10.1. The van der Waals surface area contributed by atoms with Crippen molar-refractivity contribution >= 4 is 21.9 Å². The molecule has 1 aromatic heterocycles. The summed E-state index contributed by atoms with van der Waals surface area (Å²) >= 11 is 0. The number of amides is 1. The first-order valence-electron chi connectivity index (χ1n) is 11.0. The summed E-state index contributed by atoms with van der Waals surface area (Å²) < 4.78 is 61.6. The van der Waals surface area contributed by atoms with Crippen LogP contribution in [-0.4, -0.2) is 84.1 Å². The summed E-state index contributed by atoms with van der Waals surface area (Å²) in [7, 11) is 0.191. The Morgan fingerprint density at radius 1 is 1.22 bits per heavy atom. The van der Waals surface area contributed by atoms with Gasteiger partial charge < -0.3 is 15.3 Å². The topological polar surface area (TPSA) is 125 Å². The largest absolute Gasteiger partial charge is 0.490 e. The number of likely N-dealkylation sites (N-methyl/N-ethyl adjacent to an activating group) is 1. The van der Waals surface area contributed by atoms with Gasteiger partial charge in [0, 0.05) is 19.6 Å². The van der Waals surface area contributed by atoms with E-state index in [2.05, 4.69) is 24.1 Å². The monoisotopic (exact) mass is 533 g/mol. The van der Waals surface area contributed by atoms with Gasteiger partial charge in [-0.1, -0.05) is 26.0 Å². The van der Waals surface area contributed by atoms with E-state index >= 15 is 0 Å². The van der Waals surface area contributed by atoms with Crippen LogP contribution < -0.4 is 5.32 Å². The summed E-state index contributed by atoms with van der Waals surface area (Å²) in [5.74, 6) is -2.68. The SMILES string of the molecule is CC(C)CCN1Cc2c(C(=O)NCCN(C)C)ncn2-c2ccccc2S1(=O)=O.O=C(O)C(F)(F)F. The molecule has 2 heterocycles. The fourth-order valence-electron chi connectivity index (χ4n) is 3.27. The van der Waals surface area contributed by atoms with Crippen molar-refractivity contribution in [1.82, 2.24) is 24.1 Å². The van der Waals surface area contributed by atoms with E-state index in [9.17, 15) is 26.4 Å². The number of nitrogens with zero attached hydrogens (tertiary/aromatic N) is 4. The molecule has 0 spiro atoms. The Morgan fingerprint density at radius 2 is 1.83 bits per heavy atom. The molecule has 10 nitrogen and oxygen atoms in total. The molecule has 0 unspecified atom stereocenters. The van der Waals surface area contributed by atoms with Crippen LogP contribution in [0.2, 0.25) is 0 Å². The number of hydrogen-bond acceptors (Lipinski definition) is 6. The van der Waals surface area contributed by atoms with Gasteiger partial charge in [-0.15, -0.1) is 0 Å². The number of carbonyl (C=O) groups is 2. The van der Waals surface area contributed by atoms with Gasteiger partial charge in [0.15, 0.2) is 5.69 Å². The van der Waals surface area contributed by atoms with Crippen LogP contribution in [0.25, 0.3) is 5.69 Å². The highest BCUT2D eigenvalue weighted by atomic mass is 32.2. The van der Waals surface area contributed by atoms with Crippen molar-refractivity contribution in [3.63, 3.8) is 0 Å². The number of alkyl halides is 3. The first-order chi connectivity index (χ1) is 16.7. The lowest BCUT2D eigenvalue weighted by Gasteiger charge is -2.21. The van der Waals surface area contributed by atoms with Crippen LogP contribution in [0.3, 0.4) is 0 Å². The number of rotatable bonds is 7. The smallest absolute Gasteiger partial charge is 0.475 e. The van der Waals surface area contributed by atoms with Gasteiger partial charge in [-0.25, -0.2) is 18.2 Å². The van der Waals surface area contributed by atoms with Gasteiger partial charge in [0.05, 0.1) is 17.9 Å². The van der Waals surface area contributed by atoms with Crippen molar-refractivity contribution in [2.24, 2.45) is 5.92 Å². The first kappa shape index (κ1) is 29.3. The Bertz CT molecular complexity index is 1180. The van der Waals surface area contributed by atoms with Gasteiger partial charge in [-0.2, -0.15) is 17.5 Å². The summed E-state index contributed by atoms with van der Waals surface area (Å²) in [6.45, 7) is 5.82. The normalized spacial score (nSPS) is 14.9. The van der Waals surface area contributed by atoms with E-state index in [0.717, 1.165) is 6.42 Å². The van der Waals surface area contributed by atoms with E-state index < -0.39 is 22.2 Å². The highest BCUT2D eigenvalue weighted by Crippen LogP contribution is 2.31. The molecule has 0 saturated heterocycles. The van der Waals surface area contributed by atoms with Crippen LogP contribution in [0.5, 0.6) is 0 Å². The maximum atomic E-state index is 13.3. The highest BCUT2D eigenvalue weighted by Gasteiger charge is 2.38. The minimum Gasteiger partial charge on any atom is -0.475 e. The van der Waals surface area contributed by atoms with Crippen LogP contribution in [0, 0.1) is 5.92 Å². The second-order valence-electron chi connectivity index (χ2n) is 8.76. The number of para-hydroxylation sites is 1. The zero-order chi connectivity index (χ0) is 27.3. The fourth-order valence-corrected chi connectivity index (χ4v) is 4.86. The Kier molecular flexibility index (Phi) is 9.63. The molecule has 0 fully saturated rings. The molecule has 1 aromatic carbocycles. The van der Waals surface area contributed by atoms with Crippen molar-refractivity contribution in [3.8, 4) is 5.69 Å². The van der Waals surface area contributed by atoms with E-state index in [1.165, 1.54) is 10.6 Å². The number of carboxylic acids is 1. The zero-order valence-corrected chi connectivity index (χ0v) is 21.2. The Hall–Kier alpha value is -2.97. The molecule has 3 rings (SSSR count). The third kappa shape index (κ3) is 7.27. The molecular formula is C22H30F3N5O5S. The van der Waals surface area contributed by atoms with Gasteiger partial charge in [0.2, 0.25) is 10.0 Å². The Morgan fingerprint density at radius 3 is 2.39 bits per heavy atom. The molecule has 0 atom stereocenters. The molecule has 200 valence electrons. The van der Waals surface area contributed by atoms with Gasteiger partial charge >= 0.3 is 12.1 Å². The second-order valence-corrected chi connectivity index (χ2v) is 10.7. The van der Waals surface area contributed by atoms with E-state index in [1.54, 1.807) is 28.8 Å². The minimum absolute atomic E-state index is 0.111. The molecule has 0 radical (unpaired) electrons. The summed E-state index contributed by atoms with van der Waals surface area (Å²) in [6.07, 6.45) is -2.81. The fraction of sp³-hybridized carbons (Fsp3) is 0.500. The first-order valence-corrected chi connectivity index (χ1v) is 12.5. The van der Waals surface area contributed by atoms with Crippen molar-refractivity contribution in [2.45, 2.75) is 37.9 Å². The summed E-state index contributed by atoms with van der Waals surface area (Å²) in [5.41, 5.74) is 1.38. The maximum Gasteiger partial charge on any atom is 0.490 e. The van der Waals surface area contributed by atoms with Gasteiger partial charge in [0.25, 0.3) is 5.91 Å². The minimum atomic E-state index is -5.08. The number of aromatic nitrogens is 2. The average molecular weight is 534 g/mol. The highest BCUT2D eigenvalue weighted by molar-refractivity contribution is 7.89. The number of fused-ring (bicyclic) bond motifs is 3. The van der Waals surface area contributed by atoms with E-state index in [4.69, 9.17) is 9.90 Å². The van der Waals surface area contributed by atoms with E-state index in [1.807, 2.05) is 19.0 Å². The molecule has 36 heavy (non-hydrogen) atoms. The molecule has 2 N–H and O–H groups in total. The predicted molar refractivity (Wildman–Crippen MR) is 125 cm³/mol. The average Bonchev–Trinajstić information content (AvgIpc) is 3.15. The van der Waals surface area contributed by atoms with Crippen LogP contribution in [0.15, 0.2) is 35.5 Å². The summed E-state index contributed by atoms with van der Waals surface area (Å²) in [6, 6.07) is 6.86. The molecule has 0 bridgehead atoms. The Labute approximate surface area is 207 Å². The lowest BCUT2D eigenvalue weighted by molar-refractivity contribution is -0.192. The van der Waals surface area contributed by atoms with Gasteiger partial charge in [0.1, 0.15) is 11.2 Å². The second kappa shape index (κ2) is 11.8. The van der Waals surface area contributed by atoms with E-state index in [0.29, 0.717) is 36.9 Å². The molecule has 14 heteroatoms. The number of carboxylic acid groups (broad SMARTS) is 1. The quantitative estimate of drug-likeness (QED) is 0.560. The van der Waals surface area contributed by atoms with E-state index in [-0.39, 0.29) is 23.0 Å².